The first-order chi connectivity index (χ1) is 7.14. The van der Waals surface area contributed by atoms with E-state index in [9.17, 15) is 8.42 Å². The monoisotopic (exact) mass is 234 g/mol. The number of hydrogen-bond acceptors (Lipinski definition) is 4. The average molecular weight is 234 g/mol. The maximum Gasteiger partial charge on any atom is 0.151 e. The van der Waals surface area contributed by atoms with Crippen LogP contribution in [0.1, 0.15) is 19.8 Å². The van der Waals surface area contributed by atoms with Gasteiger partial charge >= 0.3 is 0 Å². The van der Waals surface area contributed by atoms with Gasteiger partial charge in [-0.2, -0.15) is 0 Å². The Morgan fingerprint density at radius 2 is 2.00 bits per heavy atom. The molecule has 0 amide bonds. The molecule has 1 fully saturated rings. The molecule has 0 atom stereocenters. The summed E-state index contributed by atoms with van der Waals surface area (Å²) >= 11 is 0. The molecule has 0 unspecified atom stereocenters. The largest absolute Gasteiger partial charge is 0.317 e. The molecule has 0 bridgehead atoms. The summed E-state index contributed by atoms with van der Waals surface area (Å²) in [7, 11) is -2.80. The molecule has 1 aliphatic heterocycles. The third-order valence-electron chi connectivity index (χ3n) is 2.92. The molecule has 0 aromatic carbocycles. The molecule has 1 aliphatic rings. The number of nitrogens with one attached hydrogen (secondary N) is 2. The predicted octanol–water partition coefficient (Wildman–Crippen LogP) is 0.0103. The van der Waals surface area contributed by atoms with E-state index in [0.717, 1.165) is 25.6 Å². The molecular formula is C10H22N2O2S. The molecule has 0 aromatic rings. The second-order valence-corrected chi connectivity index (χ2v) is 6.61. The highest BCUT2D eigenvalue weighted by Crippen LogP contribution is 2.09. The normalized spacial score (nSPS) is 19.3. The summed E-state index contributed by atoms with van der Waals surface area (Å²) in [5.41, 5.74) is 0. The van der Waals surface area contributed by atoms with Gasteiger partial charge in [-0.1, -0.05) is 6.92 Å². The molecule has 0 radical (unpaired) electrons. The fourth-order valence-corrected chi connectivity index (χ4v) is 2.51. The zero-order chi connectivity index (χ0) is 11.1. The van der Waals surface area contributed by atoms with Crippen LogP contribution >= 0.6 is 0 Å². The van der Waals surface area contributed by atoms with Gasteiger partial charge in [-0.15, -0.1) is 0 Å². The van der Waals surface area contributed by atoms with Gasteiger partial charge in [0.05, 0.1) is 5.75 Å². The standard InChI is InChI=1S/C10H22N2O2S/c1-2-15(13,14)8-7-12-9-10-3-5-11-6-4-10/h10-12H,2-9H2,1H3. The highest BCUT2D eigenvalue weighted by molar-refractivity contribution is 7.91. The Labute approximate surface area is 92.7 Å². The van der Waals surface area contributed by atoms with Crippen molar-refractivity contribution in [3.63, 3.8) is 0 Å². The summed E-state index contributed by atoms with van der Waals surface area (Å²) in [6.07, 6.45) is 2.40. The lowest BCUT2D eigenvalue weighted by atomic mass is 9.98. The third-order valence-corrected chi connectivity index (χ3v) is 4.63. The van der Waals surface area contributed by atoms with Gasteiger partial charge < -0.3 is 10.6 Å². The van der Waals surface area contributed by atoms with Crippen LogP contribution in [0.25, 0.3) is 0 Å². The van der Waals surface area contributed by atoms with E-state index in [1.54, 1.807) is 6.92 Å². The van der Waals surface area contributed by atoms with Gasteiger partial charge in [0.15, 0.2) is 9.84 Å². The summed E-state index contributed by atoms with van der Waals surface area (Å²) < 4.78 is 22.4. The van der Waals surface area contributed by atoms with E-state index in [2.05, 4.69) is 10.6 Å². The summed E-state index contributed by atoms with van der Waals surface area (Å²) in [5.74, 6) is 1.24. The lowest BCUT2D eigenvalue weighted by Crippen LogP contribution is -2.35. The highest BCUT2D eigenvalue weighted by atomic mass is 32.2. The maximum atomic E-state index is 11.2. The molecule has 0 aliphatic carbocycles. The molecule has 90 valence electrons. The second-order valence-electron chi connectivity index (χ2n) is 4.13. The van der Waals surface area contributed by atoms with E-state index in [1.165, 1.54) is 12.8 Å². The van der Waals surface area contributed by atoms with Crippen molar-refractivity contribution in [1.82, 2.24) is 10.6 Å². The number of hydrogen-bond donors (Lipinski definition) is 2. The van der Waals surface area contributed by atoms with Crippen LogP contribution in [0.3, 0.4) is 0 Å². The third kappa shape index (κ3) is 5.49. The molecule has 2 N–H and O–H groups in total. The average Bonchev–Trinajstić information content (AvgIpc) is 2.26. The van der Waals surface area contributed by atoms with Crippen molar-refractivity contribution in [1.29, 1.82) is 0 Å². The van der Waals surface area contributed by atoms with Crippen molar-refractivity contribution < 1.29 is 8.42 Å². The Kier molecular flexibility index (Phi) is 5.56. The van der Waals surface area contributed by atoms with Crippen molar-refractivity contribution >= 4 is 9.84 Å². The Bertz CT molecular complexity index is 259. The van der Waals surface area contributed by atoms with E-state index in [4.69, 9.17) is 0 Å². The quantitative estimate of drug-likeness (QED) is 0.636. The second kappa shape index (κ2) is 6.45. The van der Waals surface area contributed by atoms with Gasteiger partial charge in [0.25, 0.3) is 0 Å². The fourth-order valence-electron chi connectivity index (χ4n) is 1.76. The van der Waals surface area contributed by atoms with Gasteiger partial charge in [0.1, 0.15) is 0 Å². The summed E-state index contributed by atoms with van der Waals surface area (Å²) in [6, 6.07) is 0. The first kappa shape index (κ1) is 12.9. The summed E-state index contributed by atoms with van der Waals surface area (Å²) in [4.78, 5) is 0. The molecule has 1 heterocycles. The van der Waals surface area contributed by atoms with Crippen molar-refractivity contribution in [2.24, 2.45) is 5.92 Å². The van der Waals surface area contributed by atoms with E-state index in [1.807, 2.05) is 0 Å². The van der Waals surface area contributed by atoms with E-state index in [0.29, 0.717) is 6.54 Å². The zero-order valence-electron chi connectivity index (χ0n) is 9.46. The molecule has 0 saturated carbocycles. The van der Waals surface area contributed by atoms with E-state index < -0.39 is 9.84 Å². The molecule has 5 heteroatoms. The molecule has 1 saturated heterocycles. The maximum absolute atomic E-state index is 11.2. The molecule has 1 rings (SSSR count). The van der Waals surface area contributed by atoms with Crippen LogP contribution in [0.5, 0.6) is 0 Å². The van der Waals surface area contributed by atoms with Crippen molar-refractivity contribution in [2.75, 3.05) is 37.7 Å². The minimum Gasteiger partial charge on any atom is -0.317 e. The first-order valence-corrected chi connectivity index (χ1v) is 7.58. The molecule has 4 nitrogen and oxygen atoms in total. The van der Waals surface area contributed by atoms with Gasteiger partial charge in [0.2, 0.25) is 0 Å². The minimum absolute atomic E-state index is 0.252. The van der Waals surface area contributed by atoms with Gasteiger partial charge in [-0.25, -0.2) is 8.42 Å². The number of rotatable bonds is 6. The van der Waals surface area contributed by atoms with Crippen molar-refractivity contribution in [2.45, 2.75) is 19.8 Å². The van der Waals surface area contributed by atoms with Gasteiger partial charge in [-0.05, 0) is 38.4 Å². The predicted molar refractivity (Wildman–Crippen MR) is 62.8 cm³/mol. The Balaban J connectivity index is 2.06. The van der Waals surface area contributed by atoms with Gasteiger partial charge in [-0.3, -0.25) is 0 Å². The Morgan fingerprint density at radius 1 is 1.33 bits per heavy atom. The Morgan fingerprint density at radius 3 is 2.60 bits per heavy atom. The van der Waals surface area contributed by atoms with Crippen LogP contribution in [0.2, 0.25) is 0 Å². The first-order valence-electron chi connectivity index (χ1n) is 5.76. The van der Waals surface area contributed by atoms with Crippen LogP contribution in [0.4, 0.5) is 0 Å². The Hall–Kier alpha value is -0.130. The summed E-state index contributed by atoms with van der Waals surface area (Å²) in [5, 5.41) is 6.55. The van der Waals surface area contributed by atoms with Crippen LogP contribution in [-0.4, -0.2) is 46.1 Å². The topological polar surface area (TPSA) is 58.2 Å². The van der Waals surface area contributed by atoms with E-state index >= 15 is 0 Å². The summed E-state index contributed by atoms with van der Waals surface area (Å²) in [6.45, 7) is 5.45. The molecule has 15 heavy (non-hydrogen) atoms. The van der Waals surface area contributed by atoms with Crippen molar-refractivity contribution in [3.05, 3.63) is 0 Å². The number of sulfone groups is 1. The SMILES string of the molecule is CCS(=O)(=O)CCNCC1CCNCC1. The zero-order valence-corrected chi connectivity index (χ0v) is 10.3. The molecular weight excluding hydrogens is 212 g/mol. The molecule has 0 aromatic heterocycles. The lowest BCUT2D eigenvalue weighted by molar-refractivity contribution is 0.359. The fraction of sp³-hybridized carbons (Fsp3) is 1.00. The van der Waals surface area contributed by atoms with E-state index in [-0.39, 0.29) is 11.5 Å². The number of piperidine rings is 1. The van der Waals surface area contributed by atoms with Crippen LogP contribution in [0, 0.1) is 5.92 Å². The molecule has 0 spiro atoms. The minimum atomic E-state index is -2.80. The lowest BCUT2D eigenvalue weighted by Gasteiger charge is -2.22. The van der Waals surface area contributed by atoms with Crippen LogP contribution in [0.15, 0.2) is 0 Å². The van der Waals surface area contributed by atoms with Crippen molar-refractivity contribution in [3.8, 4) is 0 Å². The highest BCUT2D eigenvalue weighted by Gasteiger charge is 2.12. The smallest absolute Gasteiger partial charge is 0.151 e. The van der Waals surface area contributed by atoms with Crippen LogP contribution < -0.4 is 10.6 Å². The van der Waals surface area contributed by atoms with Gasteiger partial charge in [0, 0.05) is 12.3 Å². The van der Waals surface area contributed by atoms with Crippen LogP contribution in [-0.2, 0) is 9.84 Å².